The Kier molecular flexibility index (Phi) is 3.47. The van der Waals surface area contributed by atoms with Crippen LogP contribution in [0.15, 0.2) is 31.4 Å². The molecule has 0 aliphatic rings. The summed E-state index contributed by atoms with van der Waals surface area (Å²) in [5.41, 5.74) is 3.36. The maximum Gasteiger partial charge on any atom is 0.0719 e. The third-order valence-corrected chi connectivity index (χ3v) is 1.95. The summed E-state index contributed by atoms with van der Waals surface area (Å²) >= 11 is 0. The second kappa shape index (κ2) is 4.63. The first kappa shape index (κ1) is 9.75. The van der Waals surface area contributed by atoms with Crippen molar-refractivity contribution in [3.63, 3.8) is 0 Å². The van der Waals surface area contributed by atoms with Crippen LogP contribution in [-0.2, 0) is 11.3 Å². The second-order valence-corrected chi connectivity index (χ2v) is 2.76. The van der Waals surface area contributed by atoms with Crippen molar-refractivity contribution in [1.82, 2.24) is 0 Å². The van der Waals surface area contributed by atoms with Crippen molar-refractivity contribution in [3.05, 3.63) is 48.0 Å². The van der Waals surface area contributed by atoms with Gasteiger partial charge < -0.3 is 4.74 Å². The lowest BCUT2D eigenvalue weighted by atomic mass is 10.0. The van der Waals surface area contributed by atoms with E-state index in [0.717, 1.165) is 16.7 Å². The molecule has 0 heterocycles. The van der Waals surface area contributed by atoms with Gasteiger partial charge in [-0.3, -0.25) is 0 Å². The van der Waals surface area contributed by atoms with E-state index in [-0.39, 0.29) is 0 Å². The summed E-state index contributed by atoms with van der Waals surface area (Å²) in [5.74, 6) is 0. The Morgan fingerprint density at radius 2 is 2.08 bits per heavy atom. The van der Waals surface area contributed by atoms with Crippen molar-refractivity contribution in [3.8, 4) is 0 Å². The summed E-state index contributed by atoms with van der Waals surface area (Å²) in [6.07, 6.45) is 3.67. The maximum absolute atomic E-state index is 5.09. The van der Waals surface area contributed by atoms with E-state index in [0.29, 0.717) is 6.61 Å². The number of methoxy groups -OCH3 is 1. The largest absolute Gasteiger partial charge is 0.380 e. The minimum atomic E-state index is 0.614. The molecule has 0 unspecified atom stereocenters. The van der Waals surface area contributed by atoms with Gasteiger partial charge in [-0.15, -0.1) is 0 Å². The molecule has 0 fully saturated rings. The number of hydrogen-bond acceptors (Lipinski definition) is 1. The molecule has 0 aromatic heterocycles. The molecule has 0 saturated carbocycles. The van der Waals surface area contributed by atoms with E-state index >= 15 is 0 Å². The van der Waals surface area contributed by atoms with E-state index in [1.165, 1.54) is 0 Å². The van der Waals surface area contributed by atoms with Gasteiger partial charge in [0.05, 0.1) is 6.61 Å². The van der Waals surface area contributed by atoms with Gasteiger partial charge in [-0.2, -0.15) is 0 Å². The molecule has 0 aliphatic heterocycles. The number of ether oxygens (including phenoxy) is 1. The molecule has 1 heteroatoms. The van der Waals surface area contributed by atoms with Crippen LogP contribution >= 0.6 is 0 Å². The molecule has 68 valence electrons. The third kappa shape index (κ3) is 2.07. The lowest BCUT2D eigenvalue weighted by molar-refractivity contribution is 0.184. The summed E-state index contributed by atoms with van der Waals surface area (Å²) in [4.78, 5) is 0. The van der Waals surface area contributed by atoms with Crippen LogP contribution in [0.1, 0.15) is 16.7 Å². The van der Waals surface area contributed by atoms with Crippen LogP contribution in [0.3, 0.4) is 0 Å². The maximum atomic E-state index is 5.09. The second-order valence-electron chi connectivity index (χ2n) is 2.76. The highest BCUT2D eigenvalue weighted by molar-refractivity contribution is 5.66. The zero-order chi connectivity index (χ0) is 9.68. The molecule has 0 atom stereocenters. The summed E-state index contributed by atoms with van der Waals surface area (Å²) < 4.78 is 5.09. The quantitative estimate of drug-likeness (QED) is 0.681. The fourth-order valence-electron chi connectivity index (χ4n) is 1.34. The van der Waals surface area contributed by atoms with Crippen LogP contribution in [0.5, 0.6) is 0 Å². The highest BCUT2D eigenvalue weighted by Crippen LogP contribution is 2.17. The van der Waals surface area contributed by atoms with Crippen LogP contribution in [0, 0.1) is 0 Å². The molecule has 0 amide bonds. The number of hydrogen-bond donors (Lipinski definition) is 0. The van der Waals surface area contributed by atoms with Crippen LogP contribution < -0.4 is 0 Å². The first-order chi connectivity index (χ1) is 6.33. The monoisotopic (exact) mass is 174 g/mol. The van der Waals surface area contributed by atoms with E-state index in [2.05, 4.69) is 13.2 Å². The van der Waals surface area contributed by atoms with E-state index in [1.807, 2.05) is 30.4 Å². The zero-order valence-corrected chi connectivity index (χ0v) is 7.92. The van der Waals surface area contributed by atoms with Crippen molar-refractivity contribution in [2.45, 2.75) is 6.61 Å². The Morgan fingerprint density at radius 1 is 1.31 bits per heavy atom. The smallest absolute Gasteiger partial charge is 0.0719 e. The Balaban J connectivity index is 3.18. The molecule has 1 nitrogen and oxygen atoms in total. The molecular weight excluding hydrogens is 160 g/mol. The zero-order valence-electron chi connectivity index (χ0n) is 7.92. The summed E-state index contributed by atoms with van der Waals surface area (Å²) in [6.45, 7) is 8.15. The highest BCUT2D eigenvalue weighted by Gasteiger charge is 2.01. The Labute approximate surface area is 79.4 Å². The lowest BCUT2D eigenvalue weighted by Gasteiger charge is -2.07. The topological polar surface area (TPSA) is 9.23 Å². The molecular formula is C12H14O. The van der Waals surface area contributed by atoms with Gasteiger partial charge in [0.25, 0.3) is 0 Å². The van der Waals surface area contributed by atoms with Gasteiger partial charge in [-0.1, -0.05) is 43.5 Å². The summed E-state index contributed by atoms with van der Waals surface area (Å²) in [6, 6.07) is 6.05. The molecule has 0 saturated heterocycles. The minimum absolute atomic E-state index is 0.614. The predicted octanol–water partition coefficient (Wildman–Crippen LogP) is 3.12. The Morgan fingerprint density at radius 3 is 2.62 bits per heavy atom. The first-order valence-corrected chi connectivity index (χ1v) is 4.19. The van der Waals surface area contributed by atoms with E-state index < -0.39 is 0 Å². The molecule has 1 rings (SSSR count). The van der Waals surface area contributed by atoms with Gasteiger partial charge in [-0.05, 0) is 16.7 Å². The van der Waals surface area contributed by atoms with Gasteiger partial charge in [0.2, 0.25) is 0 Å². The average Bonchev–Trinajstić information content (AvgIpc) is 2.18. The van der Waals surface area contributed by atoms with Crippen molar-refractivity contribution >= 4 is 12.2 Å². The van der Waals surface area contributed by atoms with Gasteiger partial charge in [0.15, 0.2) is 0 Å². The van der Waals surface area contributed by atoms with Gasteiger partial charge >= 0.3 is 0 Å². The summed E-state index contributed by atoms with van der Waals surface area (Å²) in [7, 11) is 1.69. The molecule has 0 radical (unpaired) electrons. The Hall–Kier alpha value is -1.34. The van der Waals surface area contributed by atoms with Gasteiger partial charge in [0, 0.05) is 7.11 Å². The van der Waals surface area contributed by atoms with E-state index in [4.69, 9.17) is 4.74 Å². The standard InChI is InChI=1S/C12H14O/c1-4-10-7-6-8-11(9-13-3)12(10)5-2/h4-8H,1-2,9H2,3H3. The van der Waals surface area contributed by atoms with Crippen LogP contribution in [-0.4, -0.2) is 7.11 Å². The molecule has 0 N–H and O–H groups in total. The lowest BCUT2D eigenvalue weighted by Crippen LogP contribution is -1.93. The van der Waals surface area contributed by atoms with Gasteiger partial charge in [0.1, 0.15) is 0 Å². The molecule has 0 aliphatic carbocycles. The van der Waals surface area contributed by atoms with Crippen LogP contribution in [0.25, 0.3) is 12.2 Å². The van der Waals surface area contributed by atoms with Crippen molar-refractivity contribution in [1.29, 1.82) is 0 Å². The van der Waals surface area contributed by atoms with Crippen molar-refractivity contribution in [2.24, 2.45) is 0 Å². The Bertz CT molecular complexity index is 313. The van der Waals surface area contributed by atoms with Crippen molar-refractivity contribution < 1.29 is 4.74 Å². The molecule has 0 spiro atoms. The van der Waals surface area contributed by atoms with E-state index in [1.54, 1.807) is 7.11 Å². The normalized spacial score (nSPS) is 9.62. The average molecular weight is 174 g/mol. The van der Waals surface area contributed by atoms with E-state index in [9.17, 15) is 0 Å². The highest BCUT2D eigenvalue weighted by atomic mass is 16.5. The van der Waals surface area contributed by atoms with Crippen LogP contribution in [0.4, 0.5) is 0 Å². The van der Waals surface area contributed by atoms with Crippen LogP contribution in [0.2, 0.25) is 0 Å². The minimum Gasteiger partial charge on any atom is -0.380 e. The fraction of sp³-hybridized carbons (Fsp3) is 0.167. The van der Waals surface area contributed by atoms with Gasteiger partial charge in [-0.25, -0.2) is 0 Å². The summed E-state index contributed by atoms with van der Waals surface area (Å²) in [5, 5.41) is 0. The molecule has 13 heavy (non-hydrogen) atoms. The first-order valence-electron chi connectivity index (χ1n) is 4.19. The number of benzene rings is 1. The predicted molar refractivity (Wildman–Crippen MR) is 57.3 cm³/mol. The SMILES string of the molecule is C=Cc1cccc(COC)c1C=C. The molecule has 0 bridgehead atoms. The fourth-order valence-corrected chi connectivity index (χ4v) is 1.34. The van der Waals surface area contributed by atoms with Crippen molar-refractivity contribution in [2.75, 3.05) is 7.11 Å². The third-order valence-electron chi connectivity index (χ3n) is 1.95. The molecule has 1 aromatic carbocycles. The number of rotatable bonds is 4. The molecule has 1 aromatic rings.